The van der Waals surface area contributed by atoms with Crippen molar-refractivity contribution in [1.82, 2.24) is 9.88 Å². The number of nitrogens with two attached hydrogens (primary N) is 1. The molecule has 8 heteroatoms. The molecule has 2 rings (SSSR count). The van der Waals surface area contributed by atoms with Gasteiger partial charge in [-0.05, 0) is 39.3 Å². The van der Waals surface area contributed by atoms with E-state index in [1.807, 2.05) is 0 Å². The van der Waals surface area contributed by atoms with Gasteiger partial charge in [0.1, 0.15) is 11.3 Å². The van der Waals surface area contributed by atoms with Crippen molar-refractivity contribution in [1.29, 1.82) is 0 Å². The Balaban J connectivity index is 1.90. The molecule has 8 nitrogen and oxygen atoms in total. The molecule has 1 aliphatic heterocycles. The molecule has 24 heavy (non-hydrogen) atoms. The third kappa shape index (κ3) is 4.68. The number of carbonyl (C=O) groups excluding carboxylic acids is 3. The second kappa shape index (κ2) is 6.86. The first-order chi connectivity index (χ1) is 11.2. The number of carbonyl (C=O) groups is 3. The summed E-state index contributed by atoms with van der Waals surface area (Å²) < 4.78 is 5.31. The summed E-state index contributed by atoms with van der Waals surface area (Å²) in [7, 11) is 0. The van der Waals surface area contributed by atoms with Crippen molar-refractivity contribution in [2.45, 2.75) is 32.8 Å². The fraction of sp³-hybridized carbons (Fsp3) is 0.500. The lowest BCUT2D eigenvalue weighted by molar-refractivity contribution is -0.119. The minimum absolute atomic E-state index is 0.130. The molecule has 0 saturated carbocycles. The van der Waals surface area contributed by atoms with Crippen molar-refractivity contribution in [2.24, 2.45) is 11.7 Å². The summed E-state index contributed by atoms with van der Waals surface area (Å²) in [6.07, 6.45) is 1.53. The van der Waals surface area contributed by atoms with Crippen molar-refractivity contribution < 1.29 is 19.1 Å². The number of amides is 3. The molecule has 1 unspecified atom stereocenters. The SMILES string of the molecule is CC(C)(C)OC(=O)N1CCC(C(=O)Nc2ccc(C(N)=O)nc2)C1. The Morgan fingerprint density at radius 1 is 1.33 bits per heavy atom. The smallest absolute Gasteiger partial charge is 0.410 e. The van der Waals surface area contributed by atoms with Crippen molar-refractivity contribution in [3.05, 3.63) is 24.0 Å². The minimum atomic E-state index is -0.628. The average molecular weight is 334 g/mol. The van der Waals surface area contributed by atoms with Gasteiger partial charge in [0.2, 0.25) is 5.91 Å². The Morgan fingerprint density at radius 2 is 2.04 bits per heavy atom. The molecule has 0 bridgehead atoms. The van der Waals surface area contributed by atoms with E-state index in [2.05, 4.69) is 10.3 Å². The zero-order valence-corrected chi connectivity index (χ0v) is 14.0. The summed E-state index contributed by atoms with van der Waals surface area (Å²) in [6, 6.07) is 3.01. The molecule has 0 aliphatic carbocycles. The molecular weight excluding hydrogens is 312 g/mol. The summed E-state index contributed by atoms with van der Waals surface area (Å²) in [5.74, 6) is -1.14. The summed E-state index contributed by atoms with van der Waals surface area (Å²) in [5, 5.41) is 2.73. The number of aromatic nitrogens is 1. The molecule has 2 heterocycles. The predicted octanol–water partition coefficient (Wildman–Crippen LogP) is 1.38. The Morgan fingerprint density at radius 3 is 2.58 bits per heavy atom. The fourth-order valence-corrected chi connectivity index (χ4v) is 2.32. The highest BCUT2D eigenvalue weighted by molar-refractivity contribution is 5.94. The molecule has 0 aromatic carbocycles. The molecular formula is C16H22N4O4. The maximum absolute atomic E-state index is 12.3. The highest BCUT2D eigenvalue weighted by Gasteiger charge is 2.33. The molecule has 0 spiro atoms. The first-order valence-electron chi connectivity index (χ1n) is 7.70. The maximum atomic E-state index is 12.3. The Bertz CT molecular complexity index is 636. The Kier molecular flexibility index (Phi) is 5.06. The lowest BCUT2D eigenvalue weighted by Crippen LogP contribution is -2.36. The molecule has 3 N–H and O–H groups in total. The number of nitrogens with zero attached hydrogens (tertiary/aromatic N) is 2. The lowest BCUT2D eigenvalue weighted by Gasteiger charge is -2.24. The summed E-state index contributed by atoms with van der Waals surface area (Å²) in [4.78, 5) is 40.6. The molecule has 1 fully saturated rings. The van der Waals surface area contributed by atoms with Gasteiger partial charge in [0.05, 0.1) is 17.8 Å². The van der Waals surface area contributed by atoms with E-state index >= 15 is 0 Å². The van der Waals surface area contributed by atoms with Crippen LogP contribution in [0.5, 0.6) is 0 Å². The van der Waals surface area contributed by atoms with E-state index in [-0.39, 0.29) is 17.5 Å². The Labute approximate surface area is 140 Å². The average Bonchev–Trinajstić information content (AvgIpc) is 2.96. The number of anilines is 1. The van der Waals surface area contributed by atoms with E-state index in [4.69, 9.17) is 10.5 Å². The van der Waals surface area contributed by atoms with Gasteiger partial charge < -0.3 is 20.7 Å². The van der Waals surface area contributed by atoms with Crippen LogP contribution in [-0.2, 0) is 9.53 Å². The molecule has 1 saturated heterocycles. The number of nitrogens with one attached hydrogen (secondary N) is 1. The van der Waals surface area contributed by atoms with Gasteiger partial charge in [0.15, 0.2) is 0 Å². The van der Waals surface area contributed by atoms with Crippen LogP contribution in [0.25, 0.3) is 0 Å². The van der Waals surface area contributed by atoms with Gasteiger partial charge in [-0.1, -0.05) is 0 Å². The van der Waals surface area contributed by atoms with Gasteiger partial charge in [0, 0.05) is 13.1 Å². The van der Waals surface area contributed by atoms with Crippen LogP contribution in [0.3, 0.4) is 0 Å². The van der Waals surface area contributed by atoms with E-state index in [1.54, 1.807) is 26.8 Å². The molecule has 3 amide bonds. The molecule has 1 aliphatic rings. The van der Waals surface area contributed by atoms with Crippen LogP contribution in [0, 0.1) is 5.92 Å². The highest BCUT2D eigenvalue weighted by Crippen LogP contribution is 2.21. The van der Waals surface area contributed by atoms with Crippen molar-refractivity contribution in [2.75, 3.05) is 18.4 Å². The van der Waals surface area contributed by atoms with Gasteiger partial charge in [0.25, 0.3) is 5.91 Å². The molecule has 1 atom stereocenters. The third-order valence-corrected chi connectivity index (χ3v) is 3.49. The lowest BCUT2D eigenvalue weighted by atomic mass is 10.1. The summed E-state index contributed by atoms with van der Waals surface area (Å²) in [6.45, 7) is 6.19. The summed E-state index contributed by atoms with van der Waals surface area (Å²) in [5.41, 5.74) is 5.15. The van der Waals surface area contributed by atoms with Crippen LogP contribution < -0.4 is 11.1 Å². The minimum Gasteiger partial charge on any atom is -0.444 e. The van der Waals surface area contributed by atoms with E-state index in [9.17, 15) is 14.4 Å². The third-order valence-electron chi connectivity index (χ3n) is 3.49. The van der Waals surface area contributed by atoms with Crippen molar-refractivity contribution >= 4 is 23.6 Å². The number of hydrogen-bond donors (Lipinski definition) is 2. The van der Waals surface area contributed by atoms with E-state index in [1.165, 1.54) is 17.2 Å². The van der Waals surface area contributed by atoms with Crippen LogP contribution in [0.15, 0.2) is 18.3 Å². The van der Waals surface area contributed by atoms with Gasteiger partial charge in [-0.15, -0.1) is 0 Å². The normalized spacial score (nSPS) is 17.5. The van der Waals surface area contributed by atoms with Crippen LogP contribution in [0.1, 0.15) is 37.7 Å². The zero-order chi connectivity index (χ0) is 17.9. The number of pyridine rings is 1. The Hall–Kier alpha value is -2.64. The fourth-order valence-electron chi connectivity index (χ4n) is 2.32. The van der Waals surface area contributed by atoms with Gasteiger partial charge >= 0.3 is 6.09 Å². The number of primary amides is 1. The van der Waals surface area contributed by atoms with Crippen molar-refractivity contribution in [3.8, 4) is 0 Å². The molecule has 130 valence electrons. The number of rotatable bonds is 3. The second-order valence-electron chi connectivity index (χ2n) is 6.70. The number of likely N-dealkylation sites (tertiary alicyclic amines) is 1. The monoisotopic (exact) mass is 334 g/mol. The van der Waals surface area contributed by atoms with Gasteiger partial charge in [-0.25, -0.2) is 9.78 Å². The van der Waals surface area contributed by atoms with Crippen LogP contribution in [0.2, 0.25) is 0 Å². The summed E-state index contributed by atoms with van der Waals surface area (Å²) >= 11 is 0. The van der Waals surface area contributed by atoms with Crippen LogP contribution >= 0.6 is 0 Å². The quantitative estimate of drug-likeness (QED) is 0.866. The maximum Gasteiger partial charge on any atom is 0.410 e. The van der Waals surface area contributed by atoms with Crippen LogP contribution in [0.4, 0.5) is 10.5 Å². The van der Waals surface area contributed by atoms with E-state index in [0.29, 0.717) is 25.2 Å². The van der Waals surface area contributed by atoms with Gasteiger partial charge in [-0.3, -0.25) is 9.59 Å². The predicted molar refractivity (Wildman–Crippen MR) is 87.3 cm³/mol. The molecule has 1 aromatic rings. The van der Waals surface area contributed by atoms with Gasteiger partial charge in [-0.2, -0.15) is 0 Å². The van der Waals surface area contributed by atoms with E-state index < -0.39 is 17.6 Å². The van der Waals surface area contributed by atoms with E-state index in [0.717, 1.165) is 0 Å². The number of ether oxygens (including phenoxy) is 1. The topological polar surface area (TPSA) is 115 Å². The zero-order valence-electron chi connectivity index (χ0n) is 14.0. The second-order valence-corrected chi connectivity index (χ2v) is 6.70. The number of hydrogen-bond acceptors (Lipinski definition) is 5. The largest absolute Gasteiger partial charge is 0.444 e. The van der Waals surface area contributed by atoms with Crippen molar-refractivity contribution in [3.63, 3.8) is 0 Å². The first kappa shape index (κ1) is 17.7. The standard InChI is InChI=1S/C16H22N4O4/c1-16(2,3)24-15(23)20-7-6-10(9-20)14(22)19-11-4-5-12(13(17)21)18-8-11/h4-5,8,10H,6-7,9H2,1-3H3,(H2,17,21)(H,19,22). The van der Waals surface area contributed by atoms with Crippen LogP contribution in [-0.4, -0.2) is 46.5 Å². The first-order valence-corrected chi connectivity index (χ1v) is 7.70. The molecule has 0 radical (unpaired) electrons. The molecule has 1 aromatic heterocycles. The highest BCUT2D eigenvalue weighted by atomic mass is 16.6.